The molecule has 1 fully saturated rings. The summed E-state index contributed by atoms with van der Waals surface area (Å²) in [5.41, 5.74) is 5.42. The van der Waals surface area contributed by atoms with Crippen molar-refractivity contribution in [2.75, 3.05) is 0 Å². The first-order chi connectivity index (χ1) is 9.98. The van der Waals surface area contributed by atoms with Gasteiger partial charge < -0.3 is 10.2 Å². The molecule has 0 aliphatic heterocycles. The summed E-state index contributed by atoms with van der Waals surface area (Å²) in [6.45, 7) is 4.29. The molecule has 0 spiro atoms. The van der Waals surface area contributed by atoms with E-state index < -0.39 is 12.2 Å². The van der Waals surface area contributed by atoms with E-state index in [-0.39, 0.29) is 5.41 Å². The minimum Gasteiger partial charge on any atom is -0.390 e. The van der Waals surface area contributed by atoms with Crippen molar-refractivity contribution >= 4 is 0 Å². The van der Waals surface area contributed by atoms with Crippen molar-refractivity contribution < 1.29 is 10.2 Å². The zero-order valence-corrected chi connectivity index (χ0v) is 13.1. The quantitative estimate of drug-likeness (QED) is 0.817. The van der Waals surface area contributed by atoms with Crippen LogP contribution >= 0.6 is 0 Å². The van der Waals surface area contributed by atoms with Crippen LogP contribution in [0.4, 0.5) is 0 Å². The summed E-state index contributed by atoms with van der Waals surface area (Å²) < 4.78 is 0. The third-order valence-electron chi connectivity index (χ3n) is 5.22. The molecule has 0 heterocycles. The lowest BCUT2D eigenvalue weighted by Gasteiger charge is -2.45. The van der Waals surface area contributed by atoms with E-state index in [1.807, 2.05) is 6.08 Å². The molecule has 3 unspecified atom stereocenters. The van der Waals surface area contributed by atoms with Gasteiger partial charge in [0.05, 0.1) is 12.2 Å². The number of aliphatic hydroxyl groups is 2. The van der Waals surface area contributed by atoms with E-state index in [0.717, 1.165) is 19.3 Å². The zero-order chi connectivity index (χ0) is 15.0. The van der Waals surface area contributed by atoms with E-state index in [1.165, 1.54) is 35.1 Å². The number of benzene rings is 1. The average molecular weight is 286 g/mol. The van der Waals surface area contributed by atoms with Crippen LogP contribution in [0.3, 0.4) is 0 Å². The lowest BCUT2D eigenvalue weighted by Crippen LogP contribution is -2.42. The van der Waals surface area contributed by atoms with Crippen LogP contribution in [-0.2, 0) is 6.42 Å². The van der Waals surface area contributed by atoms with E-state index in [2.05, 4.69) is 32.0 Å². The fourth-order valence-electron chi connectivity index (χ4n) is 4.37. The number of allylic oxidation sites excluding steroid dienone is 1. The predicted molar refractivity (Wildman–Crippen MR) is 85.2 cm³/mol. The average Bonchev–Trinajstić information content (AvgIpc) is 2.39. The van der Waals surface area contributed by atoms with Crippen molar-refractivity contribution in [3.05, 3.63) is 46.5 Å². The summed E-state index contributed by atoms with van der Waals surface area (Å²) in [6, 6.07) is 6.75. The number of fused-ring (bicyclic) bond motifs is 1. The molecule has 0 saturated heterocycles. The van der Waals surface area contributed by atoms with Gasteiger partial charge in [-0.15, -0.1) is 0 Å². The first-order valence-electron chi connectivity index (χ1n) is 8.13. The highest BCUT2D eigenvalue weighted by Crippen LogP contribution is 2.49. The molecule has 2 aliphatic rings. The molecule has 2 aliphatic carbocycles. The van der Waals surface area contributed by atoms with Crippen LogP contribution < -0.4 is 0 Å². The van der Waals surface area contributed by atoms with E-state index in [0.29, 0.717) is 6.42 Å². The van der Waals surface area contributed by atoms with Gasteiger partial charge in [-0.1, -0.05) is 47.4 Å². The van der Waals surface area contributed by atoms with Gasteiger partial charge in [-0.2, -0.15) is 0 Å². The van der Waals surface area contributed by atoms with Crippen LogP contribution in [0.1, 0.15) is 48.8 Å². The standard InChI is InChI=1S/C19H26O2/c1-13-7-14(2)9-15(8-13)11-19-6-4-3-5-16(19)10-17(20)18(21)12-19/h7-10,17-18,20-21H,3-6,11-12H2,1-2H3. The van der Waals surface area contributed by atoms with E-state index >= 15 is 0 Å². The molecule has 2 heteroatoms. The van der Waals surface area contributed by atoms with Crippen molar-refractivity contribution in [2.45, 2.75) is 64.6 Å². The maximum absolute atomic E-state index is 10.2. The Morgan fingerprint density at radius 2 is 1.81 bits per heavy atom. The van der Waals surface area contributed by atoms with Crippen LogP contribution in [0.5, 0.6) is 0 Å². The van der Waals surface area contributed by atoms with Crippen LogP contribution in [0.15, 0.2) is 29.8 Å². The lowest BCUT2D eigenvalue weighted by atomic mass is 9.61. The molecule has 0 bridgehead atoms. The Labute approximate surface area is 127 Å². The van der Waals surface area contributed by atoms with Crippen molar-refractivity contribution in [1.82, 2.24) is 0 Å². The van der Waals surface area contributed by atoms with E-state index in [1.54, 1.807) is 0 Å². The Hall–Kier alpha value is -1.12. The minimum atomic E-state index is -0.675. The lowest BCUT2D eigenvalue weighted by molar-refractivity contribution is -0.000935. The van der Waals surface area contributed by atoms with Crippen molar-refractivity contribution in [2.24, 2.45) is 5.41 Å². The van der Waals surface area contributed by atoms with E-state index in [9.17, 15) is 10.2 Å². The third-order valence-corrected chi connectivity index (χ3v) is 5.22. The Balaban J connectivity index is 1.95. The fraction of sp³-hybridized carbons (Fsp3) is 0.579. The van der Waals surface area contributed by atoms with Crippen LogP contribution in [0.25, 0.3) is 0 Å². The topological polar surface area (TPSA) is 40.5 Å². The molecule has 3 rings (SSSR count). The largest absolute Gasteiger partial charge is 0.390 e. The molecule has 21 heavy (non-hydrogen) atoms. The molecule has 1 saturated carbocycles. The molecule has 2 N–H and O–H groups in total. The maximum atomic E-state index is 10.2. The summed E-state index contributed by atoms with van der Waals surface area (Å²) in [7, 11) is 0. The molecular weight excluding hydrogens is 260 g/mol. The van der Waals surface area contributed by atoms with Crippen LogP contribution in [0.2, 0.25) is 0 Å². The van der Waals surface area contributed by atoms with Crippen LogP contribution in [-0.4, -0.2) is 22.4 Å². The van der Waals surface area contributed by atoms with Crippen molar-refractivity contribution in [3.63, 3.8) is 0 Å². The summed E-state index contributed by atoms with van der Waals surface area (Å²) in [6.07, 6.45) is 7.00. The molecule has 0 aromatic heterocycles. The van der Waals surface area contributed by atoms with Crippen molar-refractivity contribution in [1.29, 1.82) is 0 Å². The third kappa shape index (κ3) is 2.93. The minimum absolute atomic E-state index is 0.0666. The Bertz CT molecular complexity index is 540. The molecule has 0 radical (unpaired) electrons. The van der Waals surface area contributed by atoms with Gasteiger partial charge in [0.1, 0.15) is 0 Å². The van der Waals surface area contributed by atoms with Crippen LogP contribution in [0, 0.1) is 19.3 Å². The summed E-state index contributed by atoms with van der Waals surface area (Å²) >= 11 is 0. The number of hydrogen-bond acceptors (Lipinski definition) is 2. The van der Waals surface area contributed by atoms with Gasteiger partial charge in [0.15, 0.2) is 0 Å². The number of aliphatic hydroxyl groups excluding tert-OH is 2. The summed E-state index contributed by atoms with van der Waals surface area (Å²) in [5, 5.41) is 20.1. The van der Waals surface area contributed by atoms with Gasteiger partial charge in [-0.25, -0.2) is 0 Å². The SMILES string of the molecule is Cc1cc(C)cc(CC23CCCCC2=CC(O)C(O)C3)c1. The molecule has 114 valence electrons. The Morgan fingerprint density at radius 1 is 1.10 bits per heavy atom. The highest BCUT2D eigenvalue weighted by atomic mass is 16.3. The monoisotopic (exact) mass is 286 g/mol. The first kappa shape index (κ1) is 14.8. The van der Waals surface area contributed by atoms with Gasteiger partial charge in [0.25, 0.3) is 0 Å². The molecule has 3 atom stereocenters. The molecule has 1 aromatic carbocycles. The predicted octanol–water partition coefficient (Wildman–Crippen LogP) is 3.46. The molecule has 2 nitrogen and oxygen atoms in total. The normalized spacial score (nSPS) is 32.5. The van der Waals surface area contributed by atoms with E-state index in [4.69, 9.17) is 0 Å². The molecule has 0 amide bonds. The van der Waals surface area contributed by atoms with Gasteiger partial charge in [0.2, 0.25) is 0 Å². The van der Waals surface area contributed by atoms with Gasteiger partial charge in [-0.05, 0) is 56.9 Å². The number of rotatable bonds is 2. The Kier molecular flexibility index (Phi) is 3.94. The maximum Gasteiger partial charge on any atom is 0.0983 e. The smallest absolute Gasteiger partial charge is 0.0983 e. The molecular formula is C19H26O2. The number of hydrogen-bond donors (Lipinski definition) is 2. The summed E-state index contributed by atoms with van der Waals surface area (Å²) in [5.74, 6) is 0. The first-order valence-corrected chi connectivity index (χ1v) is 8.13. The number of aryl methyl sites for hydroxylation is 2. The highest BCUT2D eigenvalue weighted by Gasteiger charge is 2.42. The van der Waals surface area contributed by atoms with Gasteiger partial charge in [-0.3, -0.25) is 0 Å². The van der Waals surface area contributed by atoms with Crippen molar-refractivity contribution in [3.8, 4) is 0 Å². The second-order valence-corrected chi connectivity index (χ2v) is 7.11. The fourth-order valence-corrected chi connectivity index (χ4v) is 4.37. The highest BCUT2D eigenvalue weighted by molar-refractivity contribution is 5.33. The van der Waals surface area contributed by atoms with Gasteiger partial charge >= 0.3 is 0 Å². The summed E-state index contributed by atoms with van der Waals surface area (Å²) in [4.78, 5) is 0. The molecule has 1 aromatic rings. The van der Waals surface area contributed by atoms with Gasteiger partial charge in [0, 0.05) is 0 Å². The Morgan fingerprint density at radius 3 is 2.52 bits per heavy atom. The second kappa shape index (κ2) is 5.58. The second-order valence-electron chi connectivity index (χ2n) is 7.11. The zero-order valence-electron chi connectivity index (χ0n) is 13.1.